The largest absolute Gasteiger partial charge is 0.367 e. The summed E-state index contributed by atoms with van der Waals surface area (Å²) in [5.41, 5.74) is 2.64. The molecule has 3 heteroatoms. The first-order valence-electron chi connectivity index (χ1n) is 6.56. The van der Waals surface area contributed by atoms with E-state index in [1.165, 1.54) is 30.6 Å². The number of rotatable bonds is 6. The Labute approximate surface area is 104 Å². The zero-order valence-corrected chi connectivity index (χ0v) is 11.1. The van der Waals surface area contributed by atoms with Crippen molar-refractivity contribution in [2.75, 3.05) is 18.5 Å². The number of nitrogens with one attached hydrogen (secondary N) is 1. The van der Waals surface area contributed by atoms with Crippen molar-refractivity contribution in [2.24, 2.45) is 5.92 Å². The van der Waals surface area contributed by atoms with Crippen LogP contribution in [0.2, 0.25) is 0 Å². The van der Waals surface area contributed by atoms with E-state index in [0.29, 0.717) is 6.04 Å². The second-order valence-corrected chi connectivity index (χ2v) is 5.22. The Morgan fingerprint density at radius 2 is 2.24 bits per heavy atom. The van der Waals surface area contributed by atoms with Gasteiger partial charge in [-0.3, -0.25) is 4.98 Å². The summed E-state index contributed by atoms with van der Waals surface area (Å²) in [7, 11) is 1.99. The Balaban J connectivity index is 2.20. The Morgan fingerprint density at radius 1 is 1.47 bits per heavy atom. The van der Waals surface area contributed by atoms with Gasteiger partial charge in [0.25, 0.3) is 0 Å². The minimum atomic E-state index is 0.537. The van der Waals surface area contributed by atoms with Crippen LogP contribution in [0.3, 0.4) is 0 Å². The van der Waals surface area contributed by atoms with Crippen LogP contribution < -0.4 is 10.2 Å². The molecular formula is C14H23N3. The van der Waals surface area contributed by atoms with Crippen LogP contribution in [-0.2, 0) is 6.54 Å². The average Bonchev–Trinajstić information content (AvgIpc) is 3.11. The summed E-state index contributed by atoms with van der Waals surface area (Å²) in [5, 5.41) is 3.23. The molecule has 0 aromatic carbocycles. The van der Waals surface area contributed by atoms with Gasteiger partial charge >= 0.3 is 0 Å². The Hall–Kier alpha value is -1.09. The highest BCUT2D eigenvalue weighted by Gasteiger charge is 2.26. The second kappa shape index (κ2) is 5.50. The van der Waals surface area contributed by atoms with E-state index in [1.54, 1.807) is 0 Å². The van der Waals surface area contributed by atoms with Gasteiger partial charge < -0.3 is 10.2 Å². The first kappa shape index (κ1) is 12.4. The average molecular weight is 233 g/mol. The second-order valence-electron chi connectivity index (χ2n) is 5.22. The molecule has 0 unspecified atom stereocenters. The predicted octanol–water partition coefficient (Wildman–Crippen LogP) is 2.43. The van der Waals surface area contributed by atoms with E-state index < -0.39 is 0 Å². The smallest absolute Gasteiger partial charge is 0.0600 e. The van der Waals surface area contributed by atoms with Crippen molar-refractivity contribution in [3.05, 3.63) is 24.0 Å². The maximum atomic E-state index is 4.29. The molecule has 2 rings (SSSR count). The summed E-state index contributed by atoms with van der Waals surface area (Å²) in [6.45, 7) is 6.61. The summed E-state index contributed by atoms with van der Waals surface area (Å²) < 4.78 is 0. The van der Waals surface area contributed by atoms with E-state index in [1.807, 2.05) is 19.4 Å². The van der Waals surface area contributed by atoms with Crippen LogP contribution in [0, 0.1) is 5.92 Å². The number of hydrogen-bond donors (Lipinski definition) is 1. The molecule has 1 aromatic rings. The lowest BCUT2D eigenvalue weighted by atomic mass is 10.1. The van der Waals surface area contributed by atoms with Gasteiger partial charge in [-0.05, 0) is 51.3 Å². The van der Waals surface area contributed by atoms with Crippen molar-refractivity contribution >= 4 is 5.69 Å². The molecule has 1 aliphatic carbocycles. The van der Waals surface area contributed by atoms with Gasteiger partial charge in [-0.25, -0.2) is 0 Å². The predicted molar refractivity (Wildman–Crippen MR) is 72.2 cm³/mol. The van der Waals surface area contributed by atoms with Gasteiger partial charge in [-0.2, -0.15) is 0 Å². The first-order chi connectivity index (χ1) is 8.22. The molecule has 3 nitrogen and oxygen atoms in total. The van der Waals surface area contributed by atoms with Crippen LogP contribution in [-0.4, -0.2) is 24.6 Å². The third-order valence-electron chi connectivity index (χ3n) is 3.34. The van der Waals surface area contributed by atoms with Crippen molar-refractivity contribution in [3.63, 3.8) is 0 Å². The van der Waals surface area contributed by atoms with Gasteiger partial charge in [0, 0.05) is 25.3 Å². The van der Waals surface area contributed by atoms with Gasteiger partial charge in [-0.15, -0.1) is 0 Å². The molecular weight excluding hydrogens is 210 g/mol. The molecule has 1 aromatic heterocycles. The molecule has 1 N–H and O–H groups in total. The molecule has 94 valence electrons. The van der Waals surface area contributed by atoms with Crippen molar-refractivity contribution in [3.8, 4) is 0 Å². The van der Waals surface area contributed by atoms with Crippen LogP contribution in [0.1, 0.15) is 32.3 Å². The molecule has 17 heavy (non-hydrogen) atoms. The molecule has 1 saturated carbocycles. The molecule has 0 amide bonds. The molecule has 0 bridgehead atoms. The standard InChI is InChI=1S/C14H23N3/c1-11(2)17(10-12-4-5-12)14-9-16-7-6-13(14)8-15-3/h6-7,9,11-12,15H,4-5,8,10H2,1-3H3. The fourth-order valence-electron chi connectivity index (χ4n) is 2.18. The third-order valence-corrected chi connectivity index (χ3v) is 3.34. The Bertz CT molecular complexity index is 358. The zero-order valence-electron chi connectivity index (χ0n) is 11.1. The Kier molecular flexibility index (Phi) is 4.00. The van der Waals surface area contributed by atoms with Crippen molar-refractivity contribution in [1.82, 2.24) is 10.3 Å². The fourth-order valence-corrected chi connectivity index (χ4v) is 2.18. The van der Waals surface area contributed by atoms with Gasteiger partial charge in [0.15, 0.2) is 0 Å². The quantitative estimate of drug-likeness (QED) is 0.818. The summed E-state index contributed by atoms with van der Waals surface area (Å²) in [6, 6.07) is 2.66. The number of anilines is 1. The molecule has 0 spiro atoms. The van der Waals surface area contributed by atoms with E-state index in [2.05, 4.69) is 35.1 Å². The fraction of sp³-hybridized carbons (Fsp3) is 0.643. The molecule has 1 aliphatic rings. The zero-order chi connectivity index (χ0) is 12.3. The molecule has 1 fully saturated rings. The molecule has 0 saturated heterocycles. The van der Waals surface area contributed by atoms with Crippen LogP contribution in [0.5, 0.6) is 0 Å². The summed E-state index contributed by atoms with van der Waals surface area (Å²) in [4.78, 5) is 6.79. The van der Waals surface area contributed by atoms with Crippen LogP contribution in [0.25, 0.3) is 0 Å². The third kappa shape index (κ3) is 3.19. The molecule has 0 aliphatic heterocycles. The highest BCUT2D eigenvalue weighted by molar-refractivity contribution is 5.52. The topological polar surface area (TPSA) is 28.2 Å². The van der Waals surface area contributed by atoms with Crippen molar-refractivity contribution in [1.29, 1.82) is 0 Å². The minimum Gasteiger partial charge on any atom is -0.367 e. The molecule has 1 heterocycles. The van der Waals surface area contributed by atoms with E-state index >= 15 is 0 Å². The molecule has 0 atom stereocenters. The van der Waals surface area contributed by atoms with Gasteiger partial charge in [0.2, 0.25) is 0 Å². The SMILES string of the molecule is CNCc1ccncc1N(CC1CC1)C(C)C. The van der Waals surface area contributed by atoms with Crippen molar-refractivity contribution in [2.45, 2.75) is 39.3 Å². The van der Waals surface area contributed by atoms with E-state index in [4.69, 9.17) is 0 Å². The van der Waals surface area contributed by atoms with Gasteiger partial charge in [-0.1, -0.05) is 0 Å². The van der Waals surface area contributed by atoms with Gasteiger partial charge in [0.1, 0.15) is 0 Å². The maximum Gasteiger partial charge on any atom is 0.0600 e. The number of pyridine rings is 1. The summed E-state index contributed by atoms with van der Waals surface area (Å²) in [5.74, 6) is 0.903. The maximum absolute atomic E-state index is 4.29. The lowest BCUT2D eigenvalue weighted by molar-refractivity contribution is 0.638. The monoisotopic (exact) mass is 233 g/mol. The highest BCUT2D eigenvalue weighted by Crippen LogP contribution is 2.33. The van der Waals surface area contributed by atoms with E-state index in [-0.39, 0.29) is 0 Å². The molecule has 0 radical (unpaired) electrons. The lowest BCUT2D eigenvalue weighted by Gasteiger charge is -2.30. The highest BCUT2D eigenvalue weighted by atomic mass is 15.2. The van der Waals surface area contributed by atoms with Crippen LogP contribution in [0.15, 0.2) is 18.5 Å². The first-order valence-corrected chi connectivity index (χ1v) is 6.56. The van der Waals surface area contributed by atoms with Crippen LogP contribution in [0.4, 0.5) is 5.69 Å². The number of nitrogens with zero attached hydrogens (tertiary/aromatic N) is 2. The lowest BCUT2D eigenvalue weighted by Crippen LogP contribution is -2.34. The van der Waals surface area contributed by atoms with E-state index in [9.17, 15) is 0 Å². The van der Waals surface area contributed by atoms with Crippen LogP contribution >= 0.6 is 0 Å². The van der Waals surface area contributed by atoms with Gasteiger partial charge in [0.05, 0.1) is 11.9 Å². The Morgan fingerprint density at radius 3 is 2.82 bits per heavy atom. The van der Waals surface area contributed by atoms with E-state index in [0.717, 1.165) is 12.5 Å². The van der Waals surface area contributed by atoms with Crippen molar-refractivity contribution < 1.29 is 0 Å². The number of aromatic nitrogens is 1. The summed E-state index contributed by atoms with van der Waals surface area (Å²) >= 11 is 0. The number of hydrogen-bond acceptors (Lipinski definition) is 3. The normalized spacial score (nSPS) is 15.3. The summed E-state index contributed by atoms with van der Waals surface area (Å²) in [6.07, 6.45) is 6.68. The minimum absolute atomic E-state index is 0.537.